The van der Waals surface area contributed by atoms with Gasteiger partial charge in [-0.15, -0.1) is 0 Å². The van der Waals surface area contributed by atoms with Gasteiger partial charge in [0.25, 0.3) is 0 Å². The Kier molecular flexibility index (Phi) is 4.52. The molecule has 0 saturated carbocycles. The third-order valence-corrected chi connectivity index (χ3v) is 2.10. The van der Waals surface area contributed by atoms with E-state index in [0.29, 0.717) is 12.2 Å². The minimum Gasteiger partial charge on any atom is -0.492 e. The zero-order valence-corrected chi connectivity index (χ0v) is 8.74. The Labute approximate surface area is 88.7 Å². The molecule has 1 unspecified atom stereocenters. The zero-order valence-electron chi connectivity index (χ0n) is 8.74. The molecule has 84 valence electrons. The molecular weight excluding hydrogens is 197 g/mol. The van der Waals surface area contributed by atoms with Gasteiger partial charge in [-0.05, 0) is 25.0 Å². The molecule has 0 aromatic heterocycles. The second kappa shape index (κ2) is 5.68. The summed E-state index contributed by atoms with van der Waals surface area (Å²) in [6.45, 7) is 2.16. The molecule has 0 bridgehead atoms. The van der Waals surface area contributed by atoms with Crippen LogP contribution in [-0.2, 0) is 0 Å². The molecule has 0 aliphatic carbocycles. The van der Waals surface area contributed by atoms with Gasteiger partial charge in [-0.1, -0.05) is 6.07 Å². The van der Waals surface area contributed by atoms with Gasteiger partial charge in [0, 0.05) is 18.7 Å². The maximum Gasteiger partial charge on any atom is 0.126 e. The van der Waals surface area contributed by atoms with Gasteiger partial charge >= 0.3 is 0 Å². The molecule has 1 rings (SSSR count). The lowest BCUT2D eigenvalue weighted by Gasteiger charge is -2.13. The fourth-order valence-corrected chi connectivity index (χ4v) is 1.18. The van der Waals surface area contributed by atoms with E-state index in [1.54, 1.807) is 6.07 Å². The van der Waals surface area contributed by atoms with Crippen molar-refractivity contribution in [2.24, 2.45) is 5.73 Å². The first-order valence-corrected chi connectivity index (χ1v) is 4.89. The number of benzene rings is 1. The van der Waals surface area contributed by atoms with Crippen molar-refractivity contribution in [3.8, 4) is 5.75 Å². The van der Waals surface area contributed by atoms with Crippen molar-refractivity contribution in [1.29, 1.82) is 0 Å². The second-order valence-electron chi connectivity index (χ2n) is 3.49. The van der Waals surface area contributed by atoms with Crippen molar-refractivity contribution in [2.75, 3.05) is 13.2 Å². The second-order valence-corrected chi connectivity index (χ2v) is 3.49. The van der Waals surface area contributed by atoms with Crippen molar-refractivity contribution in [2.45, 2.75) is 19.4 Å². The number of aryl methyl sites for hydroxylation is 1. The lowest BCUT2D eigenvalue weighted by Crippen LogP contribution is -2.28. The molecule has 1 atom stereocenters. The van der Waals surface area contributed by atoms with Crippen molar-refractivity contribution in [1.82, 2.24) is 0 Å². The molecule has 15 heavy (non-hydrogen) atoms. The summed E-state index contributed by atoms with van der Waals surface area (Å²) in [6.07, 6.45) is 0.481. The molecule has 0 radical (unpaired) electrons. The van der Waals surface area contributed by atoms with Crippen LogP contribution in [0.3, 0.4) is 0 Å². The normalized spacial score (nSPS) is 12.5. The predicted octanol–water partition coefficient (Wildman–Crippen LogP) is 1.22. The van der Waals surface area contributed by atoms with E-state index in [2.05, 4.69) is 0 Å². The third-order valence-electron chi connectivity index (χ3n) is 2.10. The average molecular weight is 213 g/mol. The molecule has 0 saturated heterocycles. The van der Waals surface area contributed by atoms with Crippen molar-refractivity contribution in [3.05, 3.63) is 29.6 Å². The summed E-state index contributed by atoms with van der Waals surface area (Å²) in [5.41, 5.74) is 6.51. The lowest BCUT2D eigenvalue weighted by molar-refractivity contribution is 0.232. The fourth-order valence-electron chi connectivity index (χ4n) is 1.18. The van der Waals surface area contributed by atoms with Crippen LogP contribution in [0, 0.1) is 12.7 Å². The highest BCUT2D eigenvalue weighted by molar-refractivity contribution is 5.32. The van der Waals surface area contributed by atoms with E-state index in [9.17, 15) is 4.39 Å². The van der Waals surface area contributed by atoms with Gasteiger partial charge < -0.3 is 15.6 Å². The Morgan fingerprint density at radius 2 is 2.27 bits per heavy atom. The topological polar surface area (TPSA) is 55.5 Å². The van der Waals surface area contributed by atoms with E-state index in [4.69, 9.17) is 15.6 Å². The Balaban J connectivity index is 2.53. The van der Waals surface area contributed by atoms with E-state index in [1.165, 1.54) is 12.1 Å². The van der Waals surface area contributed by atoms with Crippen LogP contribution in [0.1, 0.15) is 12.0 Å². The van der Waals surface area contributed by atoms with Crippen LogP contribution >= 0.6 is 0 Å². The van der Waals surface area contributed by atoms with Gasteiger partial charge in [0.15, 0.2) is 0 Å². The largest absolute Gasteiger partial charge is 0.492 e. The van der Waals surface area contributed by atoms with Crippen molar-refractivity contribution < 1.29 is 14.2 Å². The Morgan fingerprint density at radius 3 is 2.93 bits per heavy atom. The molecule has 4 heteroatoms. The van der Waals surface area contributed by atoms with Crippen LogP contribution in [0.4, 0.5) is 4.39 Å². The van der Waals surface area contributed by atoms with Crippen LogP contribution in [0.5, 0.6) is 5.75 Å². The smallest absolute Gasteiger partial charge is 0.126 e. The van der Waals surface area contributed by atoms with Gasteiger partial charge in [0.2, 0.25) is 0 Å². The zero-order chi connectivity index (χ0) is 11.3. The summed E-state index contributed by atoms with van der Waals surface area (Å²) in [5, 5.41) is 8.64. The summed E-state index contributed by atoms with van der Waals surface area (Å²) in [4.78, 5) is 0. The Bertz CT molecular complexity index is 317. The number of aliphatic hydroxyl groups excluding tert-OH is 1. The van der Waals surface area contributed by atoms with E-state index in [-0.39, 0.29) is 25.1 Å². The summed E-state index contributed by atoms with van der Waals surface area (Å²) < 4.78 is 18.2. The molecule has 0 fully saturated rings. The Hall–Kier alpha value is -1.13. The summed E-state index contributed by atoms with van der Waals surface area (Å²) in [6, 6.07) is 4.15. The maximum atomic E-state index is 12.9. The number of hydrogen-bond acceptors (Lipinski definition) is 3. The minimum absolute atomic E-state index is 0.0344. The fraction of sp³-hybridized carbons (Fsp3) is 0.455. The van der Waals surface area contributed by atoms with Gasteiger partial charge in [-0.2, -0.15) is 0 Å². The number of hydrogen-bond donors (Lipinski definition) is 2. The van der Waals surface area contributed by atoms with Crippen molar-refractivity contribution in [3.63, 3.8) is 0 Å². The van der Waals surface area contributed by atoms with Crippen LogP contribution < -0.4 is 10.5 Å². The van der Waals surface area contributed by atoms with Crippen molar-refractivity contribution >= 4 is 0 Å². The number of nitrogens with two attached hydrogens (primary N) is 1. The molecule has 0 heterocycles. The first-order valence-electron chi connectivity index (χ1n) is 4.89. The van der Waals surface area contributed by atoms with Gasteiger partial charge in [-0.3, -0.25) is 0 Å². The molecule has 1 aromatic rings. The van der Waals surface area contributed by atoms with E-state index in [0.717, 1.165) is 5.56 Å². The maximum absolute atomic E-state index is 12.9. The van der Waals surface area contributed by atoms with Crippen LogP contribution in [-0.4, -0.2) is 24.4 Å². The lowest BCUT2D eigenvalue weighted by atomic mass is 10.2. The molecule has 0 aliphatic rings. The van der Waals surface area contributed by atoms with Crippen LogP contribution in [0.25, 0.3) is 0 Å². The summed E-state index contributed by atoms with van der Waals surface area (Å²) in [5.74, 6) is 0.176. The number of aliphatic hydroxyl groups is 1. The predicted molar refractivity (Wildman–Crippen MR) is 56.3 cm³/mol. The molecule has 3 N–H and O–H groups in total. The standard InChI is InChI=1S/C11H16FNO2/c1-8-2-3-9(12)6-11(8)15-7-10(13)4-5-14/h2-3,6,10,14H,4-5,7,13H2,1H3. The van der Waals surface area contributed by atoms with E-state index < -0.39 is 0 Å². The number of ether oxygens (including phenoxy) is 1. The molecule has 0 spiro atoms. The monoisotopic (exact) mass is 213 g/mol. The first kappa shape index (κ1) is 11.9. The van der Waals surface area contributed by atoms with Gasteiger partial charge in [0.1, 0.15) is 18.2 Å². The average Bonchev–Trinajstić information content (AvgIpc) is 2.20. The highest BCUT2D eigenvalue weighted by atomic mass is 19.1. The highest BCUT2D eigenvalue weighted by Crippen LogP contribution is 2.18. The van der Waals surface area contributed by atoms with Gasteiger partial charge in [-0.25, -0.2) is 4.39 Å². The molecule has 3 nitrogen and oxygen atoms in total. The number of rotatable bonds is 5. The number of halogens is 1. The Morgan fingerprint density at radius 1 is 1.53 bits per heavy atom. The van der Waals surface area contributed by atoms with Crippen LogP contribution in [0.15, 0.2) is 18.2 Å². The summed E-state index contributed by atoms with van der Waals surface area (Å²) >= 11 is 0. The quantitative estimate of drug-likeness (QED) is 0.773. The molecule has 0 aliphatic heterocycles. The molecule has 0 amide bonds. The van der Waals surface area contributed by atoms with E-state index >= 15 is 0 Å². The summed E-state index contributed by atoms with van der Waals surface area (Å²) in [7, 11) is 0. The molecular formula is C11H16FNO2. The van der Waals surface area contributed by atoms with Crippen LogP contribution in [0.2, 0.25) is 0 Å². The third kappa shape index (κ3) is 3.85. The van der Waals surface area contributed by atoms with E-state index in [1.807, 2.05) is 6.92 Å². The SMILES string of the molecule is Cc1ccc(F)cc1OCC(N)CCO. The minimum atomic E-state index is -0.327. The highest BCUT2D eigenvalue weighted by Gasteiger charge is 2.05. The first-order chi connectivity index (χ1) is 7.13. The molecule has 1 aromatic carbocycles. The van der Waals surface area contributed by atoms with Gasteiger partial charge in [0.05, 0.1) is 0 Å².